The lowest BCUT2D eigenvalue weighted by Crippen LogP contribution is -2.29. The van der Waals surface area contributed by atoms with Gasteiger partial charge >= 0.3 is 0 Å². The molecule has 0 aliphatic rings. The van der Waals surface area contributed by atoms with Gasteiger partial charge in [0.15, 0.2) is 5.82 Å². The minimum absolute atomic E-state index is 0.265. The van der Waals surface area contributed by atoms with E-state index in [0.717, 1.165) is 27.6 Å². The zero-order valence-corrected chi connectivity index (χ0v) is 20.5. The number of aromatic amines is 2. The minimum Gasteiger partial charge on any atom is -0.382 e. The van der Waals surface area contributed by atoms with Gasteiger partial charge in [-0.05, 0) is 47.9 Å². The molecule has 0 aliphatic carbocycles. The van der Waals surface area contributed by atoms with Gasteiger partial charge < -0.3 is 16.0 Å². The van der Waals surface area contributed by atoms with Gasteiger partial charge in [0.1, 0.15) is 16.7 Å². The fraction of sp³-hybridized carbons (Fsp3) is 0.0741. The van der Waals surface area contributed by atoms with Gasteiger partial charge in [0.05, 0.1) is 11.6 Å². The Morgan fingerprint density at radius 1 is 1.06 bits per heavy atom. The van der Waals surface area contributed by atoms with Crippen LogP contribution in [0.5, 0.6) is 0 Å². The van der Waals surface area contributed by atoms with Crippen LogP contribution in [-0.2, 0) is 11.2 Å². The average Bonchev–Trinajstić information content (AvgIpc) is 3.45. The van der Waals surface area contributed by atoms with Crippen LogP contribution in [0.3, 0.4) is 0 Å². The van der Waals surface area contributed by atoms with Crippen LogP contribution in [0, 0.1) is 0 Å². The molecule has 9 heteroatoms. The summed E-state index contributed by atoms with van der Waals surface area (Å²) >= 11 is 12.6. The Bertz CT molecular complexity index is 1560. The zero-order valence-electron chi connectivity index (χ0n) is 19.0. The third kappa shape index (κ3) is 5.27. The molecule has 0 saturated carbocycles. The molecule has 5 aromatic rings. The molecular weight excluding hydrogens is 495 g/mol. The number of nitrogens with zero attached hydrogens (tertiary/aromatic N) is 2. The summed E-state index contributed by atoms with van der Waals surface area (Å²) in [5.41, 5.74) is 9.91. The van der Waals surface area contributed by atoms with Crippen LogP contribution in [0.1, 0.15) is 23.0 Å². The van der Waals surface area contributed by atoms with E-state index in [-0.39, 0.29) is 5.91 Å². The summed E-state index contributed by atoms with van der Waals surface area (Å²) in [6, 6.07) is 22.4. The summed E-state index contributed by atoms with van der Waals surface area (Å²) in [6.45, 7) is 0. The molecule has 0 radical (unpaired) electrons. The molecule has 3 aromatic carbocycles. The Hall–Kier alpha value is -4.07. The zero-order chi connectivity index (χ0) is 25.1. The maximum atomic E-state index is 12.9. The number of nitrogens with two attached hydrogens (primary N) is 1. The minimum atomic E-state index is -0.443. The number of amides is 1. The number of nitrogens with one attached hydrogen (secondary N) is 3. The van der Waals surface area contributed by atoms with Gasteiger partial charge in [-0.15, -0.1) is 0 Å². The first-order chi connectivity index (χ1) is 17.5. The molecular formula is C27H22Cl2N6O. The molecule has 2 aromatic heterocycles. The number of benzene rings is 3. The summed E-state index contributed by atoms with van der Waals surface area (Å²) in [4.78, 5) is 20.8. The van der Waals surface area contributed by atoms with Crippen molar-refractivity contribution < 1.29 is 4.79 Å². The van der Waals surface area contributed by atoms with Crippen LogP contribution in [0.4, 0.5) is 5.82 Å². The molecule has 1 amide bonds. The van der Waals surface area contributed by atoms with Gasteiger partial charge in [0.25, 0.3) is 0 Å². The highest BCUT2D eigenvalue weighted by molar-refractivity contribution is 6.32. The number of hydrogen-bond acceptors (Lipinski definition) is 4. The smallest absolute Gasteiger partial charge is 0.244 e. The van der Waals surface area contributed by atoms with Gasteiger partial charge in [0, 0.05) is 22.0 Å². The molecule has 0 aliphatic heterocycles. The van der Waals surface area contributed by atoms with Crippen molar-refractivity contribution in [3.8, 4) is 11.3 Å². The second-order valence-electron chi connectivity index (χ2n) is 8.29. The molecule has 2 heterocycles. The number of rotatable bonds is 7. The van der Waals surface area contributed by atoms with Crippen molar-refractivity contribution >= 4 is 51.9 Å². The molecule has 36 heavy (non-hydrogen) atoms. The van der Waals surface area contributed by atoms with E-state index in [1.165, 1.54) is 6.08 Å². The highest BCUT2D eigenvalue weighted by Gasteiger charge is 2.21. The lowest BCUT2D eigenvalue weighted by molar-refractivity contribution is -0.117. The standard InChI is InChI=1S/C27H22Cl2N6O/c28-19-8-4-7-17(13-19)9-12-23(36)31-22(14-16-5-2-1-3-6-16)27-32-24(25(29)33-27)18-10-11-20-21(15-18)34-35-26(20)30/h1-13,15,22H,14H2,(H,31,36)(H,32,33)(H3,30,34,35)/t22-/m0/s1. The van der Waals surface area contributed by atoms with Gasteiger partial charge in [-0.1, -0.05) is 71.7 Å². The van der Waals surface area contributed by atoms with Gasteiger partial charge in [-0.25, -0.2) is 4.98 Å². The Morgan fingerprint density at radius 2 is 1.89 bits per heavy atom. The van der Waals surface area contributed by atoms with Crippen molar-refractivity contribution in [2.24, 2.45) is 0 Å². The number of aromatic nitrogens is 4. The molecule has 5 rings (SSSR count). The molecule has 0 saturated heterocycles. The monoisotopic (exact) mass is 516 g/mol. The Kier molecular flexibility index (Phi) is 6.75. The molecule has 7 nitrogen and oxygen atoms in total. The summed E-state index contributed by atoms with van der Waals surface area (Å²) in [5.74, 6) is 0.716. The van der Waals surface area contributed by atoms with Crippen LogP contribution in [0.25, 0.3) is 28.2 Å². The average molecular weight is 517 g/mol. The maximum Gasteiger partial charge on any atom is 0.244 e. The molecule has 5 N–H and O–H groups in total. The fourth-order valence-corrected chi connectivity index (χ4v) is 4.43. The van der Waals surface area contributed by atoms with E-state index >= 15 is 0 Å². The lowest BCUT2D eigenvalue weighted by atomic mass is 10.1. The van der Waals surface area contributed by atoms with E-state index in [9.17, 15) is 4.79 Å². The van der Waals surface area contributed by atoms with Gasteiger partial charge in [-0.3, -0.25) is 9.89 Å². The van der Waals surface area contributed by atoms with E-state index in [4.69, 9.17) is 33.9 Å². The SMILES string of the molecule is Nc1n[nH]c2cc(-c3nc([C@H](Cc4ccccc4)NC(=O)C=Cc4cccc(Cl)c4)[nH]c3Cl)ccc12. The Labute approximate surface area is 217 Å². The largest absolute Gasteiger partial charge is 0.382 e. The number of imidazole rings is 1. The molecule has 0 fully saturated rings. The third-order valence-corrected chi connectivity index (χ3v) is 6.26. The first-order valence-electron chi connectivity index (χ1n) is 11.2. The third-order valence-electron chi connectivity index (χ3n) is 5.75. The van der Waals surface area contributed by atoms with Crippen molar-refractivity contribution in [1.29, 1.82) is 0 Å². The number of halogens is 2. The maximum absolute atomic E-state index is 12.9. The predicted molar refractivity (Wildman–Crippen MR) is 145 cm³/mol. The summed E-state index contributed by atoms with van der Waals surface area (Å²) in [7, 11) is 0. The number of carbonyl (C=O) groups excluding carboxylic acids is 1. The molecule has 1 atom stereocenters. The van der Waals surface area contributed by atoms with Crippen molar-refractivity contribution in [3.63, 3.8) is 0 Å². The Morgan fingerprint density at radius 3 is 2.69 bits per heavy atom. The number of fused-ring (bicyclic) bond motifs is 1. The molecule has 0 spiro atoms. The fourth-order valence-electron chi connectivity index (χ4n) is 3.98. The van der Waals surface area contributed by atoms with Crippen LogP contribution in [-0.4, -0.2) is 26.1 Å². The van der Waals surface area contributed by atoms with Crippen molar-refractivity contribution in [1.82, 2.24) is 25.5 Å². The predicted octanol–water partition coefficient (Wildman–Crippen LogP) is 5.96. The van der Waals surface area contributed by atoms with Crippen molar-refractivity contribution in [2.75, 3.05) is 5.73 Å². The number of nitrogen functional groups attached to an aromatic ring is 1. The molecule has 0 bridgehead atoms. The van der Waals surface area contributed by atoms with Gasteiger partial charge in [-0.2, -0.15) is 5.10 Å². The van der Waals surface area contributed by atoms with Crippen LogP contribution in [0.2, 0.25) is 10.2 Å². The van der Waals surface area contributed by atoms with Crippen LogP contribution in [0.15, 0.2) is 78.9 Å². The summed E-state index contributed by atoms with van der Waals surface area (Å²) in [5, 5.41) is 11.8. The highest BCUT2D eigenvalue weighted by atomic mass is 35.5. The summed E-state index contributed by atoms with van der Waals surface area (Å²) in [6.07, 6.45) is 3.72. The van der Waals surface area contributed by atoms with Crippen LogP contribution < -0.4 is 11.1 Å². The first-order valence-corrected chi connectivity index (χ1v) is 12.0. The topological polar surface area (TPSA) is 112 Å². The van der Waals surface area contributed by atoms with Gasteiger partial charge in [0.2, 0.25) is 5.91 Å². The lowest BCUT2D eigenvalue weighted by Gasteiger charge is -2.16. The first kappa shape index (κ1) is 23.7. The van der Waals surface area contributed by atoms with Crippen LogP contribution >= 0.6 is 23.2 Å². The Balaban J connectivity index is 1.43. The molecule has 180 valence electrons. The molecule has 0 unspecified atom stereocenters. The van der Waals surface area contributed by atoms with E-state index < -0.39 is 6.04 Å². The number of hydrogen-bond donors (Lipinski definition) is 4. The quantitative estimate of drug-likeness (QED) is 0.200. The summed E-state index contributed by atoms with van der Waals surface area (Å²) < 4.78 is 0. The highest BCUT2D eigenvalue weighted by Crippen LogP contribution is 2.31. The van der Waals surface area contributed by atoms with E-state index in [2.05, 4.69) is 20.5 Å². The van der Waals surface area contributed by atoms with Crippen molar-refractivity contribution in [2.45, 2.75) is 12.5 Å². The van der Waals surface area contributed by atoms with E-state index in [1.54, 1.807) is 18.2 Å². The van der Waals surface area contributed by atoms with E-state index in [1.807, 2.05) is 60.7 Å². The normalized spacial score (nSPS) is 12.3. The van der Waals surface area contributed by atoms with Crippen molar-refractivity contribution in [3.05, 3.63) is 106 Å². The number of carbonyl (C=O) groups is 1. The second-order valence-corrected chi connectivity index (χ2v) is 9.11. The number of anilines is 1. The number of H-pyrrole nitrogens is 2. The second kappa shape index (κ2) is 10.3. The van der Waals surface area contributed by atoms with E-state index in [0.29, 0.717) is 33.9 Å².